The second-order valence-electron chi connectivity index (χ2n) is 7.93. The molecule has 2 aliphatic rings. The lowest BCUT2D eigenvalue weighted by atomic mass is 9.93. The zero-order valence-electron chi connectivity index (χ0n) is 17.1. The van der Waals surface area contributed by atoms with Crippen molar-refractivity contribution in [1.82, 2.24) is 24.8 Å². The molecule has 0 aromatic carbocycles. The highest BCUT2D eigenvalue weighted by Gasteiger charge is 2.27. The Balaban J connectivity index is 1.36. The first-order chi connectivity index (χ1) is 14.2. The molecule has 2 saturated heterocycles. The smallest absolute Gasteiger partial charge is 0.241 e. The molecule has 0 radical (unpaired) electrons. The van der Waals surface area contributed by atoms with E-state index in [0.29, 0.717) is 18.2 Å². The number of rotatable bonds is 5. The van der Waals surface area contributed by atoms with Gasteiger partial charge in [-0.2, -0.15) is 0 Å². The molecule has 7 nitrogen and oxygen atoms in total. The number of aryl methyl sites for hydroxylation is 1. The molecule has 154 valence electrons. The molecule has 1 amide bonds. The standard InChI is InChI=1S/C22H29N5O2/c1-17-19(6-5-9-23-17)29-22-21(24-10-11-25-22)18-7-14-26(15-8-18)16-20(28)27-12-3-2-4-13-27/h5-6,9-11,18H,2-4,7-8,12-16H2,1H3. The minimum Gasteiger partial charge on any atom is -0.435 e. The normalized spacial score (nSPS) is 18.6. The van der Waals surface area contributed by atoms with E-state index in [4.69, 9.17) is 4.74 Å². The summed E-state index contributed by atoms with van der Waals surface area (Å²) < 4.78 is 6.05. The predicted molar refractivity (Wildman–Crippen MR) is 110 cm³/mol. The fraction of sp³-hybridized carbons (Fsp3) is 0.545. The Morgan fingerprint density at radius 1 is 1.03 bits per heavy atom. The summed E-state index contributed by atoms with van der Waals surface area (Å²) in [6.07, 6.45) is 10.6. The van der Waals surface area contributed by atoms with Crippen LogP contribution in [-0.2, 0) is 4.79 Å². The van der Waals surface area contributed by atoms with Gasteiger partial charge in [-0.05, 0) is 64.3 Å². The summed E-state index contributed by atoms with van der Waals surface area (Å²) in [5.74, 6) is 1.83. The second-order valence-corrected chi connectivity index (χ2v) is 7.93. The lowest BCUT2D eigenvalue weighted by Gasteiger charge is -2.34. The van der Waals surface area contributed by atoms with Crippen LogP contribution in [-0.4, -0.2) is 63.4 Å². The van der Waals surface area contributed by atoms with Crippen molar-refractivity contribution in [2.24, 2.45) is 0 Å². The molecule has 4 heterocycles. The number of hydrogen-bond acceptors (Lipinski definition) is 6. The molecular weight excluding hydrogens is 366 g/mol. The van der Waals surface area contributed by atoms with Crippen molar-refractivity contribution in [1.29, 1.82) is 0 Å². The summed E-state index contributed by atoms with van der Waals surface area (Å²) in [7, 11) is 0. The molecule has 4 rings (SSSR count). The quantitative estimate of drug-likeness (QED) is 0.774. The molecule has 2 aromatic heterocycles. The maximum atomic E-state index is 12.5. The number of aromatic nitrogens is 3. The molecule has 0 aliphatic carbocycles. The molecule has 0 spiro atoms. The SMILES string of the molecule is Cc1ncccc1Oc1nccnc1C1CCN(CC(=O)N2CCCCC2)CC1. The van der Waals surface area contributed by atoms with Crippen LogP contribution in [0.25, 0.3) is 0 Å². The molecule has 2 fully saturated rings. The first kappa shape index (κ1) is 19.8. The van der Waals surface area contributed by atoms with Crippen LogP contribution in [0.5, 0.6) is 11.6 Å². The van der Waals surface area contributed by atoms with Gasteiger partial charge in [0, 0.05) is 37.6 Å². The zero-order valence-corrected chi connectivity index (χ0v) is 17.1. The van der Waals surface area contributed by atoms with E-state index in [9.17, 15) is 4.79 Å². The first-order valence-corrected chi connectivity index (χ1v) is 10.6. The molecule has 0 atom stereocenters. The van der Waals surface area contributed by atoms with Crippen LogP contribution >= 0.6 is 0 Å². The Hall–Kier alpha value is -2.54. The van der Waals surface area contributed by atoms with Gasteiger partial charge < -0.3 is 9.64 Å². The number of likely N-dealkylation sites (tertiary alicyclic amines) is 2. The summed E-state index contributed by atoms with van der Waals surface area (Å²) in [6.45, 7) is 6.08. The van der Waals surface area contributed by atoms with Gasteiger partial charge in [-0.1, -0.05) is 0 Å². The van der Waals surface area contributed by atoms with E-state index >= 15 is 0 Å². The second kappa shape index (κ2) is 9.31. The molecule has 0 saturated carbocycles. The number of hydrogen-bond donors (Lipinski definition) is 0. The highest BCUT2D eigenvalue weighted by molar-refractivity contribution is 5.78. The van der Waals surface area contributed by atoms with E-state index in [2.05, 4.69) is 19.9 Å². The first-order valence-electron chi connectivity index (χ1n) is 10.6. The Morgan fingerprint density at radius 3 is 2.55 bits per heavy atom. The number of carbonyl (C=O) groups is 1. The van der Waals surface area contributed by atoms with Gasteiger partial charge in [-0.15, -0.1) is 0 Å². The van der Waals surface area contributed by atoms with Gasteiger partial charge in [-0.3, -0.25) is 19.7 Å². The van der Waals surface area contributed by atoms with Crippen molar-refractivity contribution in [2.45, 2.75) is 44.9 Å². The lowest BCUT2D eigenvalue weighted by Crippen LogP contribution is -2.44. The van der Waals surface area contributed by atoms with Crippen LogP contribution < -0.4 is 4.74 Å². The third-order valence-corrected chi connectivity index (χ3v) is 5.90. The van der Waals surface area contributed by atoms with Crippen molar-refractivity contribution in [3.8, 4) is 11.6 Å². The summed E-state index contributed by atoms with van der Waals surface area (Å²) in [5.41, 5.74) is 1.73. The van der Waals surface area contributed by atoms with Crippen molar-refractivity contribution >= 4 is 5.91 Å². The van der Waals surface area contributed by atoms with Crippen molar-refractivity contribution in [3.05, 3.63) is 42.1 Å². The molecular formula is C22H29N5O2. The van der Waals surface area contributed by atoms with E-state index in [1.54, 1.807) is 18.6 Å². The predicted octanol–water partition coefficient (Wildman–Crippen LogP) is 3.16. The van der Waals surface area contributed by atoms with E-state index < -0.39 is 0 Å². The van der Waals surface area contributed by atoms with Gasteiger partial charge in [0.15, 0.2) is 5.75 Å². The van der Waals surface area contributed by atoms with Gasteiger partial charge in [0.2, 0.25) is 11.8 Å². The van der Waals surface area contributed by atoms with Crippen LogP contribution in [0.1, 0.15) is 49.4 Å². The number of amides is 1. The summed E-state index contributed by atoms with van der Waals surface area (Å²) in [6, 6.07) is 3.76. The Morgan fingerprint density at radius 2 is 1.79 bits per heavy atom. The average molecular weight is 396 g/mol. The van der Waals surface area contributed by atoms with Crippen molar-refractivity contribution in [3.63, 3.8) is 0 Å². The van der Waals surface area contributed by atoms with E-state index in [1.807, 2.05) is 24.0 Å². The number of ether oxygens (including phenoxy) is 1. The molecule has 0 N–H and O–H groups in total. The number of nitrogens with zero attached hydrogens (tertiary/aromatic N) is 5. The third kappa shape index (κ3) is 4.90. The summed E-state index contributed by atoms with van der Waals surface area (Å²) >= 11 is 0. The Kier molecular flexibility index (Phi) is 6.34. The monoisotopic (exact) mass is 395 g/mol. The molecule has 2 aliphatic heterocycles. The van der Waals surface area contributed by atoms with Crippen LogP contribution in [0.15, 0.2) is 30.7 Å². The maximum absolute atomic E-state index is 12.5. The highest BCUT2D eigenvalue weighted by atomic mass is 16.5. The summed E-state index contributed by atoms with van der Waals surface area (Å²) in [5, 5.41) is 0. The van der Waals surface area contributed by atoms with Crippen molar-refractivity contribution < 1.29 is 9.53 Å². The van der Waals surface area contributed by atoms with Crippen LogP contribution in [0.3, 0.4) is 0 Å². The van der Waals surface area contributed by atoms with Crippen LogP contribution in [0, 0.1) is 6.92 Å². The molecule has 2 aromatic rings. The topological polar surface area (TPSA) is 71.5 Å². The highest BCUT2D eigenvalue weighted by Crippen LogP contribution is 2.33. The molecule has 7 heteroatoms. The number of piperidine rings is 2. The third-order valence-electron chi connectivity index (χ3n) is 5.90. The average Bonchev–Trinajstić information content (AvgIpc) is 2.77. The van der Waals surface area contributed by atoms with Crippen LogP contribution in [0.4, 0.5) is 0 Å². The number of carbonyl (C=O) groups excluding carboxylic acids is 1. The van der Waals surface area contributed by atoms with Crippen molar-refractivity contribution in [2.75, 3.05) is 32.7 Å². The van der Waals surface area contributed by atoms with Gasteiger partial charge in [0.25, 0.3) is 0 Å². The Bertz CT molecular complexity index is 829. The Labute approximate surface area is 172 Å². The van der Waals surface area contributed by atoms with Gasteiger partial charge in [-0.25, -0.2) is 4.98 Å². The fourth-order valence-electron chi connectivity index (χ4n) is 4.18. The molecule has 0 unspecified atom stereocenters. The fourth-order valence-corrected chi connectivity index (χ4v) is 4.18. The minimum absolute atomic E-state index is 0.277. The minimum atomic E-state index is 0.277. The van der Waals surface area contributed by atoms with Gasteiger partial charge in [0.05, 0.1) is 12.2 Å². The largest absolute Gasteiger partial charge is 0.435 e. The van der Waals surface area contributed by atoms with E-state index in [-0.39, 0.29) is 11.8 Å². The summed E-state index contributed by atoms with van der Waals surface area (Å²) in [4.78, 5) is 30.1. The van der Waals surface area contributed by atoms with Gasteiger partial charge in [0.1, 0.15) is 5.69 Å². The number of pyridine rings is 1. The van der Waals surface area contributed by atoms with Crippen LogP contribution in [0.2, 0.25) is 0 Å². The molecule has 0 bridgehead atoms. The molecule has 29 heavy (non-hydrogen) atoms. The van der Waals surface area contributed by atoms with E-state index in [0.717, 1.165) is 63.3 Å². The van der Waals surface area contributed by atoms with E-state index in [1.165, 1.54) is 6.42 Å². The zero-order chi connectivity index (χ0) is 20.1. The maximum Gasteiger partial charge on any atom is 0.241 e. The van der Waals surface area contributed by atoms with Gasteiger partial charge >= 0.3 is 0 Å². The lowest BCUT2D eigenvalue weighted by molar-refractivity contribution is -0.133.